The van der Waals surface area contributed by atoms with Crippen molar-refractivity contribution in [2.45, 2.75) is 13.0 Å². The van der Waals surface area contributed by atoms with Gasteiger partial charge >= 0.3 is 0 Å². The molecule has 0 aliphatic heterocycles. The maximum atomic E-state index is 12.1. The van der Waals surface area contributed by atoms with Crippen molar-refractivity contribution in [3.8, 4) is 0 Å². The number of hydrogen-bond acceptors (Lipinski definition) is 2. The standard InChI is InChI=1S/C15H14ClIN2O/c1-10(18-12-6-4-5-11(17)9-12)15(20)19-14-8-3-2-7-13(14)16/h2-10,18H,1H3,(H,19,20). The average Bonchev–Trinajstić information content (AvgIpc) is 2.41. The summed E-state index contributed by atoms with van der Waals surface area (Å²) in [6.45, 7) is 1.81. The zero-order valence-corrected chi connectivity index (χ0v) is 13.8. The normalized spacial score (nSPS) is 11.8. The zero-order chi connectivity index (χ0) is 14.5. The average molecular weight is 401 g/mol. The van der Waals surface area contributed by atoms with Gasteiger partial charge in [-0.2, -0.15) is 0 Å². The van der Waals surface area contributed by atoms with E-state index >= 15 is 0 Å². The highest BCUT2D eigenvalue weighted by Crippen LogP contribution is 2.21. The summed E-state index contributed by atoms with van der Waals surface area (Å²) in [7, 11) is 0. The van der Waals surface area contributed by atoms with Crippen molar-refractivity contribution < 1.29 is 4.79 Å². The van der Waals surface area contributed by atoms with Crippen LogP contribution < -0.4 is 10.6 Å². The van der Waals surface area contributed by atoms with Gasteiger partial charge in [-0.1, -0.05) is 29.8 Å². The minimum Gasteiger partial charge on any atom is -0.374 e. The molecule has 0 saturated heterocycles. The molecule has 0 heterocycles. The second-order valence-electron chi connectivity index (χ2n) is 4.35. The number of carbonyl (C=O) groups is 1. The Morgan fingerprint density at radius 1 is 1.20 bits per heavy atom. The molecule has 0 radical (unpaired) electrons. The van der Waals surface area contributed by atoms with Crippen molar-refractivity contribution in [2.75, 3.05) is 10.6 Å². The van der Waals surface area contributed by atoms with Crippen molar-refractivity contribution in [1.29, 1.82) is 0 Å². The number of carbonyl (C=O) groups excluding carboxylic acids is 1. The molecule has 0 spiro atoms. The fourth-order valence-corrected chi connectivity index (χ4v) is 2.42. The van der Waals surface area contributed by atoms with Crippen LogP contribution in [0.5, 0.6) is 0 Å². The molecule has 2 aromatic rings. The lowest BCUT2D eigenvalue weighted by molar-refractivity contribution is -0.116. The van der Waals surface area contributed by atoms with Crippen LogP contribution in [0.2, 0.25) is 5.02 Å². The Kier molecular flexibility index (Phi) is 5.25. The molecule has 2 aromatic carbocycles. The number of rotatable bonds is 4. The summed E-state index contributed by atoms with van der Waals surface area (Å²) in [5, 5.41) is 6.50. The van der Waals surface area contributed by atoms with E-state index in [1.807, 2.05) is 43.3 Å². The third-order valence-electron chi connectivity index (χ3n) is 2.73. The summed E-state index contributed by atoms with van der Waals surface area (Å²) in [4.78, 5) is 12.1. The number of amides is 1. The second-order valence-corrected chi connectivity index (χ2v) is 6.00. The Labute approximate surface area is 136 Å². The minimum atomic E-state index is -0.357. The van der Waals surface area contributed by atoms with Crippen molar-refractivity contribution >= 4 is 51.5 Å². The van der Waals surface area contributed by atoms with E-state index < -0.39 is 0 Å². The van der Waals surface area contributed by atoms with Gasteiger partial charge in [0.15, 0.2) is 0 Å². The fraction of sp³-hybridized carbons (Fsp3) is 0.133. The quantitative estimate of drug-likeness (QED) is 0.748. The molecule has 1 amide bonds. The molecule has 1 atom stereocenters. The lowest BCUT2D eigenvalue weighted by atomic mass is 10.2. The number of nitrogens with one attached hydrogen (secondary N) is 2. The summed E-state index contributed by atoms with van der Waals surface area (Å²) in [6.07, 6.45) is 0. The molecule has 20 heavy (non-hydrogen) atoms. The first-order valence-corrected chi connectivity index (χ1v) is 7.59. The van der Waals surface area contributed by atoms with Gasteiger partial charge < -0.3 is 10.6 Å². The molecule has 104 valence electrons. The van der Waals surface area contributed by atoms with Crippen molar-refractivity contribution in [1.82, 2.24) is 0 Å². The topological polar surface area (TPSA) is 41.1 Å². The molecule has 0 aliphatic carbocycles. The molecule has 5 heteroatoms. The number of hydrogen-bond donors (Lipinski definition) is 2. The highest BCUT2D eigenvalue weighted by molar-refractivity contribution is 14.1. The highest BCUT2D eigenvalue weighted by Gasteiger charge is 2.13. The predicted molar refractivity (Wildman–Crippen MR) is 92.3 cm³/mol. The molecule has 0 saturated carbocycles. The van der Waals surface area contributed by atoms with E-state index in [4.69, 9.17) is 11.6 Å². The van der Waals surface area contributed by atoms with Crippen LogP contribution in [0.4, 0.5) is 11.4 Å². The molecule has 2 rings (SSSR count). The first-order chi connectivity index (χ1) is 9.56. The predicted octanol–water partition coefficient (Wildman–Crippen LogP) is 4.38. The Hall–Kier alpha value is -1.27. The van der Waals surface area contributed by atoms with E-state index in [1.165, 1.54) is 0 Å². The van der Waals surface area contributed by atoms with Gasteiger partial charge in [-0.05, 0) is 59.8 Å². The van der Waals surface area contributed by atoms with E-state index in [2.05, 4.69) is 33.2 Å². The van der Waals surface area contributed by atoms with E-state index in [0.29, 0.717) is 10.7 Å². The zero-order valence-electron chi connectivity index (χ0n) is 10.9. The molecule has 0 fully saturated rings. The van der Waals surface area contributed by atoms with Gasteiger partial charge in [0.1, 0.15) is 6.04 Å². The Morgan fingerprint density at radius 2 is 1.95 bits per heavy atom. The van der Waals surface area contributed by atoms with E-state index in [9.17, 15) is 4.79 Å². The van der Waals surface area contributed by atoms with Gasteiger partial charge in [-0.3, -0.25) is 4.79 Å². The summed E-state index contributed by atoms with van der Waals surface area (Å²) < 4.78 is 1.12. The van der Waals surface area contributed by atoms with Gasteiger partial charge in [0.25, 0.3) is 0 Å². The third kappa shape index (κ3) is 4.11. The lowest BCUT2D eigenvalue weighted by Crippen LogP contribution is -2.31. The van der Waals surface area contributed by atoms with Crippen LogP contribution in [0, 0.1) is 3.57 Å². The van der Waals surface area contributed by atoms with Crippen LogP contribution in [-0.4, -0.2) is 11.9 Å². The van der Waals surface area contributed by atoms with Crippen LogP contribution in [0.1, 0.15) is 6.92 Å². The number of halogens is 2. The molecule has 1 unspecified atom stereocenters. The molecular weight excluding hydrogens is 387 g/mol. The Morgan fingerprint density at radius 3 is 2.65 bits per heavy atom. The van der Waals surface area contributed by atoms with E-state index in [-0.39, 0.29) is 11.9 Å². The van der Waals surface area contributed by atoms with Crippen LogP contribution in [0.25, 0.3) is 0 Å². The molecule has 0 aromatic heterocycles. The number of anilines is 2. The maximum Gasteiger partial charge on any atom is 0.246 e. The summed E-state index contributed by atoms with van der Waals surface area (Å²) >= 11 is 8.25. The fourth-order valence-electron chi connectivity index (χ4n) is 1.70. The SMILES string of the molecule is CC(Nc1cccc(I)c1)C(=O)Nc1ccccc1Cl. The molecule has 2 N–H and O–H groups in total. The minimum absolute atomic E-state index is 0.128. The van der Waals surface area contributed by atoms with Crippen LogP contribution in [-0.2, 0) is 4.79 Å². The van der Waals surface area contributed by atoms with E-state index in [0.717, 1.165) is 9.26 Å². The molecule has 0 bridgehead atoms. The number of para-hydroxylation sites is 1. The van der Waals surface area contributed by atoms with Gasteiger partial charge in [0.05, 0.1) is 10.7 Å². The van der Waals surface area contributed by atoms with Crippen LogP contribution in [0.15, 0.2) is 48.5 Å². The lowest BCUT2D eigenvalue weighted by Gasteiger charge is -2.16. The first kappa shape index (κ1) is 15.1. The smallest absolute Gasteiger partial charge is 0.246 e. The van der Waals surface area contributed by atoms with Gasteiger partial charge in [0, 0.05) is 9.26 Å². The van der Waals surface area contributed by atoms with Gasteiger partial charge in [-0.25, -0.2) is 0 Å². The van der Waals surface area contributed by atoms with E-state index in [1.54, 1.807) is 12.1 Å². The summed E-state index contributed by atoms with van der Waals surface area (Å²) in [5.74, 6) is -0.128. The van der Waals surface area contributed by atoms with Crippen molar-refractivity contribution in [2.24, 2.45) is 0 Å². The Balaban J connectivity index is 2.01. The van der Waals surface area contributed by atoms with Crippen molar-refractivity contribution in [3.63, 3.8) is 0 Å². The second kappa shape index (κ2) is 6.95. The third-order valence-corrected chi connectivity index (χ3v) is 3.73. The summed E-state index contributed by atoms with van der Waals surface area (Å²) in [5.41, 5.74) is 1.54. The maximum absolute atomic E-state index is 12.1. The van der Waals surface area contributed by atoms with Gasteiger partial charge in [0.2, 0.25) is 5.91 Å². The monoisotopic (exact) mass is 400 g/mol. The molecule has 3 nitrogen and oxygen atoms in total. The van der Waals surface area contributed by atoms with Crippen LogP contribution in [0.3, 0.4) is 0 Å². The molecule has 0 aliphatic rings. The first-order valence-electron chi connectivity index (χ1n) is 6.14. The largest absolute Gasteiger partial charge is 0.374 e. The summed E-state index contributed by atoms with van der Waals surface area (Å²) in [6, 6.07) is 14.7. The number of benzene rings is 2. The van der Waals surface area contributed by atoms with Crippen molar-refractivity contribution in [3.05, 3.63) is 57.1 Å². The molecular formula is C15H14ClIN2O. The van der Waals surface area contributed by atoms with Gasteiger partial charge in [-0.15, -0.1) is 0 Å². The Bertz CT molecular complexity index is 618. The van der Waals surface area contributed by atoms with Crippen LogP contribution >= 0.6 is 34.2 Å². The highest BCUT2D eigenvalue weighted by atomic mass is 127.